The molecule has 1 aromatic carbocycles. The van der Waals surface area contributed by atoms with E-state index in [1.54, 1.807) is 38.8 Å². The highest BCUT2D eigenvalue weighted by molar-refractivity contribution is 6.02. The van der Waals surface area contributed by atoms with Gasteiger partial charge in [-0.05, 0) is 55.7 Å². The number of rotatable bonds is 9. The number of nitriles is 1. The van der Waals surface area contributed by atoms with Gasteiger partial charge < -0.3 is 23.9 Å². The number of imidazole rings is 1. The number of amides is 1. The van der Waals surface area contributed by atoms with Crippen LogP contribution < -0.4 is 14.8 Å². The maximum atomic E-state index is 13.3. The van der Waals surface area contributed by atoms with E-state index in [2.05, 4.69) is 27.9 Å². The molecule has 8 nitrogen and oxygen atoms in total. The summed E-state index contributed by atoms with van der Waals surface area (Å²) in [5.41, 5.74) is 3.72. The Morgan fingerprint density at radius 3 is 2.41 bits per heavy atom. The molecule has 0 aliphatic rings. The van der Waals surface area contributed by atoms with Crippen molar-refractivity contribution < 1.29 is 14.3 Å². The Morgan fingerprint density at radius 1 is 1.21 bits per heavy atom. The minimum absolute atomic E-state index is 0.0193. The van der Waals surface area contributed by atoms with E-state index in [1.165, 1.54) is 0 Å². The summed E-state index contributed by atoms with van der Waals surface area (Å²) in [7, 11) is 4.99. The van der Waals surface area contributed by atoms with Crippen LogP contribution in [0.3, 0.4) is 0 Å². The number of ether oxygens (including phenoxy) is 2. The van der Waals surface area contributed by atoms with Crippen molar-refractivity contribution in [3.8, 4) is 17.6 Å². The maximum absolute atomic E-state index is 13.3. The summed E-state index contributed by atoms with van der Waals surface area (Å²) in [6.07, 6.45) is 6.11. The van der Waals surface area contributed by atoms with Crippen molar-refractivity contribution >= 4 is 12.0 Å². The van der Waals surface area contributed by atoms with Crippen LogP contribution in [-0.2, 0) is 18.4 Å². The van der Waals surface area contributed by atoms with Crippen LogP contribution in [0.1, 0.15) is 47.7 Å². The molecule has 1 amide bonds. The number of carbonyl (C=O) groups excluding carboxylic acids is 1. The fraction of sp³-hybridized carbons (Fsp3) is 0.346. The molecule has 0 spiro atoms. The lowest BCUT2D eigenvalue weighted by molar-refractivity contribution is -0.117. The number of aromatic nitrogens is 3. The molecule has 0 aliphatic heterocycles. The third kappa shape index (κ3) is 5.15. The largest absolute Gasteiger partial charge is 0.497 e. The molecule has 0 saturated heterocycles. The quantitative estimate of drug-likeness (QED) is 0.383. The van der Waals surface area contributed by atoms with Crippen molar-refractivity contribution in [3.05, 3.63) is 70.6 Å². The lowest BCUT2D eigenvalue weighted by Gasteiger charge is -2.20. The smallest absolute Gasteiger partial charge is 0.262 e. The molecule has 1 atom stereocenters. The number of benzene rings is 1. The monoisotopic (exact) mass is 461 g/mol. The average Bonchev–Trinajstić information content (AvgIpc) is 3.38. The first-order valence-corrected chi connectivity index (χ1v) is 11.1. The molecule has 3 rings (SSSR count). The van der Waals surface area contributed by atoms with Gasteiger partial charge >= 0.3 is 0 Å². The Balaban J connectivity index is 2.01. The first-order chi connectivity index (χ1) is 16.3. The summed E-state index contributed by atoms with van der Waals surface area (Å²) in [6, 6.07) is 8.83. The number of methoxy groups -OCH3 is 2. The number of aryl methyl sites for hydroxylation is 2. The van der Waals surface area contributed by atoms with E-state index in [1.807, 2.05) is 43.7 Å². The van der Waals surface area contributed by atoms with Crippen LogP contribution in [0.25, 0.3) is 6.08 Å². The van der Waals surface area contributed by atoms with Gasteiger partial charge in [0.25, 0.3) is 5.91 Å². The lowest BCUT2D eigenvalue weighted by atomic mass is 10.0. The summed E-state index contributed by atoms with van der Waals surface area (Å²) in [5.74, 6) is 1.30. The number of nitrogens with one attached hydrogen (secondary N) is 1. The van der Waals surface area contributed by atoms with Crippen molar-refractivity contribution in [3.63, 3.8) is 0 Å². The van der Waals surface area contributed by atoms with E-state index in [-0.39, 0.29) is 5.57 Å². The van der Waals surface area contributed by atoms with Crippen LogP contribution in [0, 0.1) is 25.2 Å². The van der Waals surface area contributed by atoms with Gasteiger partial charge in [0.05, 0.1) is 14.2 Å². The van der Waals surface area contributed by atoms with E-state index in [4.69, 9.17) is 9.47 Å². The second-order valence-corrected chi connectivity index (χ2v) is 8.10. The molecule has 178 valence electrons. The van der Waals surface area contributed by atoms with Crippen molar-refractivity contribution in [2.45, 2.75) is 39.8 Å². The SMILES string of the molecule is CCCn1c(C)cc(/C=C(\C#N)C(=O)NC(c2cc(OC)cc(OC)c2)c2nccn2C)c1C. The number of nitrogens with zero attached hydrogens (tertiary/aromatic N) is 4. The molecular weight excluding hydrogens is 430 g/mol. The van der Waals surface area contributed by atoms with E-state index >= 15 is 0 Å². The molecule has 0 aliphatic carbocycles. The summed E-state index contributed by atoms with van der Waals surface area (Å²) >= 11 is 0. The van der Waals surface area contributed by atoms with Crippen molar-refractivity contribution in [1.82, 2.24) is 19.4 Å². The molecule has 34 heavy (non-hydrogen) atoms. The second-order valence-electron chi connectivity index (χ2n) is 8.10. The predicted octanol–water partition coefficient (Wildman–Crippen LogP) is 4.08. The molecular formula is C26H31N5O3. The number of hydrogen-bond donors (Lipinski definition) is 1. The molecule has 8 heteroatoms. The minimum Gasteiger partial charge on any atom is -0.497 e. The molecule has 1 unspecified atom stereocenters. The number of carbonyl (C=O) groups is 1. The Bertz CT molecular complexity index is 1220. The van der Waals surface area contributed by atoms with Crippen molar-refractivity contribution in [2.75, 3.05) is 14.2 Å². The molecule has 0 saturated carbocycles. The van der Waals surface area contributed by atoms with Gasteiger partial charge in [0.1, 0.15) is 35.0 Å². The highest BCUT2D eigenvalue weighted by atomic mass is 16.5. The van der Waals surface area contributed by atoms with Crippen LogP contribution in [-0.4, -0.2) is 34.2 Å². The minimum atomic E-state index is -0.624. The zero-order valence-corrected chi connectivity index (χ0v) is 20.5. The zero-order valence-electron chi connectivity index (χ0n) is 20.5. The van der Waals surface area contributed by atoms with E-state index in [9.17, 15) is 10.1 Å². The summed E-state index contributed by atoms with van der Waals surface area (Å²) < 4.78 is 14.8. The third-order valence-corrected chi connectivity index (χ3v) is 5.82. The topological polar surface area (TPSA) is 94.1 Å². The molecule has 1 N–H and O–H groups in total. The fourth-order valence-electron chi connectivity index (χ4n) is 4.00. The molecule has 2 heterocycles. The van der Waals surface area contributed by atoms with E-state index in [0.717, 1.165) is 35.5 Å². The van der Waals surface area contributed by atoms with Crippen LogP contribution in [0.15, 0.2) is 42.2 Å². The molecule has 2 aromatic heterocycles. The van der Waals surface area contributed by atoms with Gasteiger partial charge in [-0.15, -0.1) is 0 Å². The molecule has 0 radical (unpaired) electrons. The molecule has 3 aromatic rings. The van der Waals surface area contributed by atoms with Crippen LogP contribution in [0.5, 0.6) is 11.5 Å². The Kier molecular flexibility index (Phi) is 7.79. The standard InChI is InChI=1S/C26H31N5O3/c1-7-9-31-17(2)11-19(18(31)3)12-21(16-27)26(32)29-24(25-28-8-10-30(25)4)20-13-22(33-5)15-23(14-20)34-6/h8,10-15,24H,7,9H2,1-6H3,(H,29,32)/b21-12+. The van der Waals surface area contributed by atoms with E-state index < -0.39 is 11.9 Å². The van der Waals surface area contributed by atoms with E-state index in [0.29, 0.717) is 17.3 Å². The Hall–Kier alpha value is -3.99. The fourth-order valence-corrected chi connectivity index (χ4v) is 4.00. The van der Waals surface area contributed by atoms with Gasteiger partial charge in [-0.1, -0.05) is 6.92 Å². The average molecular weight is 462 g/mol. The van der Waals surface area contributed by atoms with Crippen molar-refractivity contribution in [2.24, 2.45) is 7.05 Å². The normalized spacial score (nSPS) is 12.2. The van der Waals surface area contributed by atoms with Crippen LogP contribution in [0.4, 0.5) is 0 Å². The molecule has 0 bridgehead atoms. The highest BCUT2D eigenvalue weighted by Gasteiger charge is 2.24. The van der Waals surface area contributed by atoms with Gasteiger partial charge in [0, 0.05) is 43.4 Å². The maximum Gasteiger partial charge on any atom is 0.262 e. The van der Waals surface area contributed by atoms with Gasteiger partial charge in [-0.3, -0.25) is 4.79 Å². The van der Waals surface area contributed by atoms with Gasteiger partial charge in [0.2, 0.25) is 0 Å². The predicted molar refractivity (Wildman–Crippen MR) is 131 cm³/mol. The Morgan fingerprint density at radius 2 is 1.88 bits per heavy atom. The first-order valence-electron chi connectivity index (χ1n) is 11.1. The lowest BCUT2D eigenvalue weighted by Crippen LogP contribution is -2.32. The van der Waals surface area contributed by atoms with Crippen LogP contribution in [0.2, 0.25) is 0 Å². The molecule has 0 fully saturated rings. The highest BCUT2D eigenvalue weighted by Crippen LogP contribution is 2.30. The second kappa shape index (κ2) is 10.8. The summed E-state index contributed by atoms with van der Waals surface area (Å²) in [4.78, 5) is 17.7. The van der Waals surface area contributed by atoms with Crippen LogP contribution >= 0.6 is 0 Å². The van der Waals surface area contributed by atoms with Gasteiger partial charge in [-0.2, -0.15) is 5.26 Å². The zero-order chi connectivity index (χ0) is 24.8. The third-order valence-electron chi connectivity index (χ3n) is 5.82. The Labute approximate surface area is 200 Å². The summed E-state index contributed by atoms with van der Waals surface area (Å²) in [5, 5.41) is 12.8. The number of hydrogen-bond acceptors (Lipinski definition) is 5. The first kappa shape index (κ1) is 24.6. The summed E-state index contributed by atoms with van der Waals surface area (Å²) in [6.45, 7) is 7.03. The van der Waals surface area contributed by atoms with Gasteiger partial charge in [-0.25, -0.2) is 4.98 Å². The van der Waals surface area contributed by atoms with Gasteiger partial charge in [0.15, 0.2) is 0 Å². The van der Waals surface area contributed by atoms with Crippen molar-refractivity contribution in [1.29, 1.82) is 5.26 Å².